The molecule has 1 saturated carbocycles. The van der Waals surface area contributed by atoms with Gasteiger partial charge in [0.2, 0.25) is 0 Å². The number of hydrogen-bond donors (Lipinski definition) is 0. The van der Waals surface area contributed by atoms with Gasteiger partial charge in [-0.3, -0.25) is 4.79 Å². The first-order valence-electron chi connectivity index (χ1n) is 5.95. The summed E-state index contributed by atoms with van der Waals surface area (Å²) in [6.07, 6.45) is 4.17. The molecule has 2 rings (SSSR count). The standard InChI is InChI=1S/C14H17ClO/c1-10-3-2-4-12(14(10)16)9-11-5-7-13(15)8-6-11/h5-8,10,12H,2-4,9H2,1H3. The third-order valence-corrected chi connectivity index (χ3v) is 3.73. The van der Waals surface area contributed by atoms with Crippen LogP contribution < -0.4 is 0 Å². The Hall–Kier alpha value is -0.820. The Morgan fingerprint density at radius 3 is 2.62 bits per heavy atom. The Kier molecular flexibility index (Phi) is 3.65. The van der Waals surface area contributed by atoms with E-state index in [9.17, 15) is 4.79 Å². The van der Waals surface area contributed by atoms with Crippen LogP contribution in [0.1, 0.15) is 31.7 Å². The quantitative estimate of drug-likeness (QED) is 0.762. The van der Waals surface area contributed by atoms with Gasteiger partial charge in [-0.25, -0.2) is 0 Å². The van der Waals surface area contributed by atoms with Crippen LogP contribution in [-0.2, 0) is 11.2 Å². The van der Waals surface area contributed by atoms with Crippen LogP contribution in [0.2, 0.25) is 5.02 Å². The third-order valence-electron chi connectivity index (χ3n) is 3.47. The van der Waals surface area contributed by atoms with Gasteiger partial charge in [0.15, 0.2) is 0 Å². The first-order valence-corrected chi connectivity index (χ1v) is 6.33. The second kappa shape index (κ2) is 5.01. The molecule has 1 nitrogen and oxygen atoms in total. The number of carbonyl (C=O) groups is 1. The molecule has 0 amide bonds. The molecule has 2 heteroatoms. The second-order valence-corrected chi connectivity index (χ2v) is 5.20. The summed E-state index contributed by atoms with van der Waals surface area (Å²) in [7, 11) is 0. The second-order valence-electron chi connectivity index (χ2n) is 4.76. The van der Waals surface area contributed by atoms with Crippen molar-refractivity contribution < 1.29 is 4.79 Å². The fourth-order valence-electron chi connectivity index (χ4n) is 2.46. The summed E-state index contributed by atoms with van der Waals surface area (Å²) in [5.74, 6) is 0.928. The summed E-state index contributed by atoms with van der Waals surface area (Å²) in [6.45, 7) is 2.05. The van der Waals surface area contributed by atoms with Crippen LogP contribution in [0.15, 0.2) is 24.3 Å². The fraction of sp³-hybridized carbons (Fsp3) is 0.500. The zero-order valence-corrected chi connectivity index (χ0v) is 10.3. The molecular formula is C14H17ClO. The third kappa shape index (κ3) is 2.65. The van der Waals surface area contributed by atoms with E-state index < -0.39 is 0 Å². The lowest BCUT2D eigenvalue weighted by Crippen LogP contribution is -2.28. The number of hydrogen-bond acceptors (Lipinski definition) is 1. The van der Waals surface area contributed by atoms with Gasteiger partial charge in [0.1, 0.15) is 5.78 Å². The van der Waals surface area contributed by atoms with Gasteiger partial charge < -0.3 is 0 Å². The van der Waals surface area contributed by atoms with Gasteiger partial charge in [-0.15, -0.1) is 0 Å². The summed E-state index contributed by atoms with van der Waals surface area (Å²) in [5, 5.41) is 0.757. The minimum atomic E-state index is 0.227. The van der Waals surface area contributed by atoms with Gasteiger partial charge in [-0.05, 0) is 37.0 Å². The lowest BCUT2D eigenvalue weighted by Gasteiger charge is -2.25. The highest BCUT2D eigenvalue weighted by Crippen LogP contribution is 2.28. The van der Waals surface area contributed by atoms with E-state index in [0.29, 0.717) is 5.78 Å². The maximum Gasteiger partial charge on any atom is 0.139 e. The molecule has 2 unspecified atom stereocenters. The van der Waals surface area contributed by atoms with Crippen LogP contribution in [0.5, 0.6) is 0 Å². The molecule has 1 aliphatic carbocycles. The summed E-state index contributed by atoms with van der Waals surface area (Å²) in [4.78, 5) is 12.0. The Labute approximate surface area is 102 Å². The molecule has 0 aliphatic heterocycles. The lowest BCUT2D eigenvalue weighted by atomic mass is 9.78. The Morgan fingerprint density at radius 1 is 1.25 bits per heavy atom. The Bertz CT molecular complexity index is 369. The van der Waals surface area contributed by atoms with Crippen molar-refractivity contribution in [2.24, 2.45) is 11.8 Å². The normalized spacial score (nSPS) is 25.8. The summed E-state index contributed by atoms with van der Waals surface area (Å²) in [5.41, 5.74) is 1.22. The van der Waals surface area contributed by atoms with E-state index in [0.717, 1.165) is 24.3 Å². The van der Waals surface area contributed by atoms with Crippen molar-refractivity contribution in [2.75, 3.05) is 0 Å². The van der Waals surface area contributed by atoms with Crippen molar-refractivity contribution >= 4 is 17.4 Å². The highest BCUT2D eigenvalue weighted by atomic mass is 35.5. The molecule has 2 atom stereocenters. The molecular weight excluding hydrogens is 220 g/mol. The molecule has 1 fully saturated rings. The van der Waals surface area contributed by atoms with Crippen LogP contribution in [0.4, 0.5) is 0 Å². The van der Waals surface area contributed by atoms with Crippen LogP contribution in [-0.4, -0.2) is 5.78 Å². The number of benzene rings is 1. The number of halogens is 1. The average molecular weight is 237 g/mol. The molecule has 0 spiro atoms. The van der Waals surface area contributed by atoms with Crippen molar-refractivity contribution in [2.45, 2.75) is 32.6 Å². The van der Waals surface area contributed by atoms with E-state index in [2.05, 4.69) is 6.92 Å². The molecule has 0 heterocycles. The number of ketones is 1. The minimum Gasteiger partial charge on any atom is -0.299 e. The zero-order chi connectivity index (χ0) is 11.5. The molecule has 0 aromatic heterocycles. The lowest BCUT2D eigenvalue weighted by molar-refractivity contribution is -0.128. The van der Waals surface area contributed by atoms with Crippen molar-refractivity contribution in [3.05, 3.63) is 34.9 Å². The maximum absolute atomic E-state index is 12.0. The molecule has 0 bridgehead atoms. The SMILES string of the molecule is CC1CCCC(Cc2ccc(Cl)cc2)C1=O. The number of rotatable bonds is 2. The molecule has 1 aliphatic rings. The number of carbonyl (C=O) groups excluding carboxylic acids is 1. The Balaban J connectivity index is 2.03. The molecule has 1 aromatic rings. The van der Waals surface area contributed by atoms with Crippen molar-refractivity contribution in [3.63, 3.8) is 0 Å². The smallest absolute Gasteiger partial charge is 0.139 e. The van der Waals surface area contributed by atoms with E-state index in [1.165, 1.54) is 12.0 Å². The first-order chi connectivity index (χ1) is 7.66. The topological polar surface area (TPSA) is 17.1 Å². The van der Waals surface area contributed by atoms with Gasteiger partial charge in [0.25, 0.3) is 0 Å². The van der Waals surface area contributed by atoms with E-state index in [1.54, 1.807) is 0 Å². The molecule has 16 heavy (non-hydrogen) atoms. The number of Topliss-reactive ketones (excluding diaryl/α,β-unsaturated/α-hetero) is 1. The van der Waals surface area contributed by atoms with Crippen molar-refractivity contribution in [1.29, 1.82) is 0 Å². The monoisotopic (exact) mass is 236 g/mol. The first kappa shape index (κ1) is 11.7. The molecule has 1 aromatic carbocycles. The largest absolute Gasteiger partial charge is 0.299 e. The van der Waals surface area contributed by atoms with Gasteiger partial charge in [0, 0.05) is 16.9 Å². The van der Waals surface area contributed by atoms with Gasteiger partial charge in [0.05, 0.1) is 0 Å². The van der Waals surface area contributed by atoms with E-state index >= 15 is 0 Å². The highest BCUT2D eigenvalue weighted by Gasteiger charge is 2.27. The van der Waals surface area contributed by atoms with Gasteiger partial charge in [-0.2, -0.15) is 0 Å². The van der Waals surface area contributed by atoms with Gasteiger partial charge >= 0.3 is 0 Å². The molecule has 0 N–H and O–H groups in total. The summed E-state index contributed by atoms with van der Waals surface area (Å²) < 4.78 is 0. The van der Waals surface area contributed by atoms with E-state index in [4.69, 9.17) is 11.6 Å². The van der Waals surface area contributed by atoms with Crippen LogP contribution in [0.3, 0.4) is 0 Å². The van der Waals surface area contributed by atoms with Gasteiger partial charge in [-0.1, -0.05) is 37.1 Å². The van der Waals surface area contributed by atoms with E-state index in [1.807, 2.05) is 24.3 Å². The Morgan fingerprint density at radius 2 is 1.94 bits per heavy atom. The molecule has 86 valence electrons. The summed E-state index contributed by atoms with van der Waals surface area (Å²) in [6, 6.07) is 7.84. The predicted octanol–water partition coefficient (Wildman–Crippen LogP) is 3.89. The minimum absolute atomic E-state index is 0.227. The predicted molar refractivity (Wildman–Crippen MR) is 66.7 cm³/mol. The maximum atomic E-state index is 12.0. The van der Waals surface area contributed by atoms with E-state index in [-0.39, 0.29) is 11.8 Å². The fourth-order valence-corrected chi connectivity index (χ4v) is 2.59. The van der Waals surface area contributed by atoms with Crippen LogP contribution in [0.25, 0.3) is 0 Å². The van der Waals surface area contributed by atoms with Crippen LogP contribution >= 0.6 is 11.6 Å². The summed E-state index contributed by atoms with van der Waals surface area (Å²) >= 11 is 5.84. The average Bonchev–Trinajstić information content (AvgIpc) is 2.28. The van der Waals surface area contributed by atoms with Crippen molar-refractivity contribution in [1.82, 2.24) is 0 Å². The molecule has 0 saturated heterocycles. The zero-order valence-electron chi connectivity index (χ0n) is 9.58. The van der Waals surface area contributed by atoms with Crippen molar-refractivity contribution in [3.8, 4) is 0 Å². The molecule has 0 radical (unpaired) electrons. The van der Waals surface area contributed by atoms with Crippen LogP contribution in [0, 0.1) is 11.8 Å². The highest BCUT2D eigenvalue weighted by molar-refractivity contribution is 6.30.